The maximum absolute atomic E-state index is 5.20. The topological polar surface area (TPSA) is 64.9 Å². The first-order valence-electron chi connectivity index (χ1n) is 6.49. The number of benzene rings is 1. The molecule has 0 spiro atoms. The fourth-order valence-electron chi connectivity index (χ4n) is 2.30. The molecule has 1 aromatic carbocycles. The Morgan fingerprint density at radius 2 is 2.42 bits per heavy atom. The minimum absolute atomic E-state index is 0.263. The standard InChI is InChI=1S/C13H17N5O/c1-19-11-5-2-4-10(8-11)9-18-16-13(15-17-18)12-6-3-7-14-12/h2,4-5,8,12,14H,3,6-7,9H2,1H3. The summed E-state index contributed by atoms with van der Waals surface area (Å²) in [5.74, 6) is 1.63. The van der Waals surface area contributed by atoms with Crippen molar-refractivity contribution >= 4 is 0 Å². The highest BCUT2D eigenvalue weighted by atomic mass is 16.5. The van der Waals surface area contributed by atoms with E-state index >= 15 is 0 Å². The SMILES string of the molecule is COc1cccc(Cn2nnc(C3CCCN3)n2)c1. The molecular weight excluding hydrogens is 242 g/mol. The molecule has 1 N–H and O–H groups in total. The summed E-state index contributed by atoms with van der Waals surface area (Å²) in [5.41, 5.74) is 1.10. The molecule has 2 heterocycles. The van der Waals surface area contributed by atoms with Crippen LogP contribution in [-0.2, 0) is 6.54 Å². The van der Waals surface area contributed by atoms with Crippen LogP contribution < -0.4 is 10.1 Å². The second kappa shape index (κ2) is 5.36. The molecule has 1 aliphatic heterocycles. The molecule has 0 radical (unpaired) electrons. The zero-order valence-electron chi connectivity index (χ0n) is 10.9. The van der Waals surface area contributed by atoms with Crippen LogP contribution in [0.2, 0.25) is 0 Å². The summed E-state index contributed by atoms with van der Waals surface area (Å²) in [6.45, 7) is 1.64. The van der Waals surface area contributed by atoms with E-state index in [0.717, 1.165) is 30.1 Å². The third-order valence-electron chi connectivity index (χ3n) is 3.30. The van der Waals surface area contributed by atoms with E-state index in [1.165, 1.54) is 6.42 Å². The fraction of sp³-hybridized carbons (Fsp3) is 0.462. The third-order valence-corrected chi connectivity index (χ3v) is 3.30. The van der Waals surface area contributed by atoms with Gasteiger partial charge in [-0.3, -0.25) is 0 Å². The van der Waals surface area contributed by atoms with Crippen molar-refractivity contribution in [1.29, 1.82) is 0 Å². The van der Waals surface area contributed by atoms with Crippen molar-refractivity contribution in [3.05, 3.63) is 35.7 Å². The molecule has 3 rings (SSSR count). The van der Waals surface area contributed by atoms with Gasteiger partial charge in [-0.1, -0.05) is 12.1 Å². The van der Waals surface area contributed by atoms with Crippen molar-refractivity contribution < 1.29 is 4.74 Å². The van der Waals surface area contributed by atoms with Gasteiger partial charge in [-0.15, -0.1) is 10.2 Å². The van der Waals surface area contributed by atoms with Crippen LogP contribution in [0.3, 0.4) is 0 Å². The monoisotopic (exact) mass is 259 g/mol. The van der Waals surface area contributed by atoms with Crippen LogP contribution in [-0.4, -0.2) is 33.9 Å². The second-order valence-corrected chi connectivity index (χ2v) is 4.68. The summed E-state index contributed by atoms with van der Waals surface area (Å²) in [6.07, 6.45) is 2.26. The number of nitrogens with one attached hydrogen (secondary N) is 1. The first-order valence-corrected chi connectivity index (χ1v) is 6.49. The largest absolute Gasteiger partial charge is 0.497 e. The molecule has 0 aliphatic carbocycles. The first kappa shape index (κ1) is 12.1. The van der Waals surface area contributed by atoms with Crippen molar-refractivity contribution in [3.8, 4) is 5.75 Å². The molecule has 1 aliphatic rings. The van der Waals surface area contributed by atoms with E-state index in [1.54, 1.807) is 11.9 Å². The van der Waals surface area contributed by atoms with Gasteiger partial charge in [-0.25, -0.2) is 0 Å². The number of ether oxygens (including phenoxy) is 1. The highest BCUT2D eigenvalue weighted by Crippen LogP contribution is 2.19. The van der Waals surface area contributed by atoms with E-state index in [9.17, 15) is 0 Å². The Bertz CT molecular complexity index is 547. The lowest BCUT2D eigenvalue weighted by molar-refractivity contribution is 0.413. The quantitative estimate of drug-likeness (QED) is 0.892. The molecule has 0 bridgehead atoms. The van der Waals surface area contributed by atoms with Gasteiger partial charge < -0.3 is 10.1 Å². The Balaban J connectivity index is 1.72. The van der Waals surface area contributed by atoms with Crippen molar-refractivity contribution in [2.75, 3.05) is 13.7 Å². The van der Waals surface area contributed by atoms with Gasteiger partial charge in [0.2, 0.25) is 0 Å². The molecule has 2 aromatic rings. The highest BCUT2D eigenvalue weighted by Gasteiger charge is 2.20. The summed E-state index contributed by atoms with van der Waals surface area (Å²) >= 11 is 0. The second-order valence-electron chi connectivity index (χ2n) is 4.68. The number of aromatic nitrogens is 4. The van der Waals surface area contributed by atoms with Gasteiger partial charge in [0, 0.05) is 0 Å². The van der Waals surface area contributed by atoms with Crippen LogP contribution >= 0.6 is 0 Å². The van der Waals surface area contributed by atoms with E-state index in [2.05, 4.69) is 20.7 Å². The maximum Gasteiger partial charge on any atom is 0.191 e. The molecule has 1 saturated heterocycles. The summed E-state index contributed by atoms with van der Waals surface area (Å²) < 4.78 is 5.20. The zero-order valence-corrected chi connectivity index (χ0v) is 10.9. The fourth-order valence-corrected chi connectivity index (χ4v) is 2.30. The molecule has 6 heteroatoms. The van der Waals surface area contributed by atoms with Crippen LogP contribution in [0.4, 0.5) is 0 Å². The lowest BCUT2D eigenvalue weighted by Gasteiger charge is -2.04. The van der Waals surface area contributed by atoms with Crippen molar-refractivity contribution in [1.82, 2.24) is 25.5 Å². The Kier molecular flexibility index (Phi) is 3.41. The van der Waals surface area contributed by atoms with Gasteiger partial charge in [0.05, 0.1) is 19.7 Å². The molecule has 1 atom stereocenters. The van der Waals surface area contributed by atoms with Crippen LogP contribution in [0.1, 0.15) is 30.3 Å². The summed E-state index contributed by atoms with van der Waals surface area (Å²) in [4.78, 5) is 1.63. The summed E-state index contributed by atoms with van der Waals surface area (Å²) in [7, 11) is 1.66. The number of hydrogen-bond acceptors (Lipinski definition) is 5. The first-order chi connectivity index (χ1) is 9.35. The number of nitrogens with zero attached hydrogens (tertiary/aromatic N) is 4. The molecule has 19 heavy (non-hydrogen) atoms. The lowest BCUT2D eigenvalue weighted by atomic mass is 10.2. The van der Waals surface area contributed by atoms with Gasteiger partial charge in [-0.05, 0) is 42.3 Å². The normalized spacial score (nSPS) is 18.7. The predicted molar refractivity (Wildman–Crippen MR) is 69.9 cm³/mol. The average molecular weight is 259 g/mol. The summed E-state index contributed by atoms with van der Waals surface area (Å²) in [5, 5.41) is 16.0. The van der Waals surface area contributed by atoms with Crippen molar-refractivity contribution in [2.24, 2.45) is 0 Å². The number of hydrogen-bond donors (Lipinski definition) is 1. The van der Waals surface area contributed by atoms with E-state index in [0.29, 0.717) is 6.54 Å². The third kappa shape index (κ3) is 2.73. The van der Waals surface area contributed by atoms with Gasteiger partial charge in [-0.2, -0.15) is 4.80 Å². The Hall–Kier alpha value is -1.95. The average Bonchev–Trinajstić information content (AvgIpc) is 3.09. The van der Waals surface area contributed by atoms with Crippen LogP contribution in [0.25, 0.3) is 0 Å². The Morgan fingerprint density at radius 1 is 1.47 bits per heavy atom. The molecule has 0 saturated carbocycles. The predicted octanol–water partition coefficient (Wildman–Crippen LogP) is 1.15. The van der Waals surface area contributed by atoms with E-state index in [4.69, 9.17) is 4.74 Å². The molecule has 6 nitrogen and oxygen atoms in total. The summed E-state index contributed by atoms with van der Waals surface area (Å²) in [6, 6.07) is 8.16. The Morgan fingerprint density at radius 3 is 3.21 bits per heavy atom. The van der Waals surface area contributed by atoms with Gasteiger partial charge in [0.15, 0.2) is 5.82 Å². The van der Waals surface area contributed by atoms with Crippen LogP contribution in [0, 0.1) is 0 Å². The Labute approximate surface area is 111 Å². The molecule has 0 amide bonds. The van der Waals surface area contributed by atoms with Gasteiger partial charge in [0.25, 0.3) is 0 Å². The van der Waals surface area contributed by atoms with Crippen molar-refractivity contribution in [2.45, 2.75) is 25.4 Å². The van der Waals surface area contributed by atoms with E-state index < -0.39 is 0 Å². The molecule has 1 aromatic heterocycles. The molecule has 100 valence electrons. The maximum atomic E-state index is 5.20. The highest BCUT2D eigenvalue weighted by molar-refractivity contribution is 5.28. The lowest BCUT2D eigenvalue weighted by Crippen LogP contribution is -2.14. The van der Waals surface area contributed by atoms with Crippen LogP contribution in [0.15, 0.2) is 24.3 Å². The smallest absolute Gasteiger partial charge is 0.191 e. The van der Waals surface area contributed by atoms with Crippen molar-refractivity contribution in [3.63, 3.8) is 0 Å². The number of rotatable bonds is 4. The minimum atomic E-state index is 0.263. The molecule has 1 fully saturated rings. The number of tetrazole rings is 1. The molecule has 1 unspecified atom stereocenters. The number of methoxy groups -OCH3 is 1. The van der Waals surface area contributed by atoms with Gasteiger partial charge >= 0.3 is 0 Å². The van der Waals surface area contributed by atoms with E-state index in [-0.39, 0.29) is 6.04 Å². The molecular formula is C13H17N5O. The van der Waals surface area contributed by atoms with E-state index in [1.807, 2.05) is 24.3 Å². The van der Waals surface area contributed by atoms with Crippen LogP contribution in [0.5, 0.6) is 5.75 Å². The zero-order chi connectivity index (χ0) is 13.1. The van der Waals surface area contributed by atoms with Gasteiger partial charge in [0.1, 0.15) is 5.75 Å². The minimum Gasteiger partial charge on any atom is -0.497 e.